The standard InChI is InChI=1S/C22H26F3N3O5/c1-20(2,3)33-19(32)27-15-4-6-21(9-15,10-17(29)30)18(31)28-7-5-16-13(12-28)8-14(11-26-16)22(23,24)25/h4,6,8,11,15H,5,7,9-10,12H2,1-3H3,(H,27,32)(H,29,30). The van der Waals surface area contributed by atoms with Gasteiger partial charge >= 0.3 is 18.2 Å². The highest BCUT2D eigenvalue weighted by Gasteiger charge is 2.46. The maximum Gasteiger partial charge on any atom is 0.417 e. The number of nitrogens with one attached hydrogen (secondary N) is 1. The Labute approximate surface area is 188 Å². The number of rotatable bonds is 4. The molecule has 33 heavy (non-hydrogen) atoms. The summed E-state index contributed by atoms with van der Waals surface area (Å²) in [6, 6.07) is 0.349. The van der Waals surface area contributed by atoms with Gasteiger partial charge in [0.15, 0.2) is 0 Å². The van der Waals surface area contributed by atoms with Gasteiger partial charge < -0.3 is 20.1 Å². The van der Waals surface area contributed by atoms with E-state index in [1.54, 1.807) is 26.8 Å². The number of nitrogens with zero attached hydrogens (tertiary/aromatic N) is 2. The number of halogens is 3. The van der Waals surface area contributed by atoms with Gasteiger partial charge in [-0.3, -0.25) is 14.6 Å². The van der Waals surface area contributed by atoms with Crippen molar-refractivity contribution in [2.75, 3.05) is 6.54 Å². The molecule has 1 aromatic rings. The van der Waals surface area contributed by atoms with Crippen molar-refractivity contribution in [2.45, 2.75) is 64.4 Å². The number of alkyl carbamates (subject to hydrolysis) is 1. The molecule has 1 aromatic heterocycles. The van der Waals surface area contributed by atoms with Crippen molar-refractivity contribution in [2.24, 2.45) is 5.41 Å². The van der Waals surface area contributed by atoms with Gasteiger partial charge in [0.2, 0.25) is 5.91 Å². The number of ether oxygens (including phenoxy) is 1. The van der Waals surface area contributed by atoms with Gasteiger partial charge in [-0.1, -0.05) is 12.2 Å². The smallest absolute Gasteiger partial charge is 0.417 e. The summed E-state index contributed by atoms with van der Waals surface area (Å²) in [5, 5.41) is 12.1. The monoisotopic (exact) mass is 469 g/mol. The number of aliphatic carboxylic acids is 1. The van der Waals surface area contributed by atoms with Gasteiger partial charge in [0.1, 0.15) is 5.60 Å². The van der Waals surface area contributed by atoms with Crippen molar-refractivity contribution < 1.29 is 37.4 Å². The predicted molar refractivity (Wildman–Crippen MR) is 110 cm³/mol. The zero-order valence-corrected chi connectivity index (χ0v) is 18.5. The first-order valence-corrected chi connectivity index (χ1v) is 10.4. The number of carboxylic acid groups (broad SMARTS) is 1. The molecule has 0 saturated carbocycles. The number of pyridine rings is 1. The van der Waals surface area contributed by atoms with Crippen molar-refractivity contribution in [1.82, 2.24) is 15.2 Å². The molecule has 0 aromatic carbocycles. The highest BCUT2D eigenvalue weighted by molar-refractivity contribution is 5.90. The van der Waals surface area contributed by atoms with Gasteiger partial charge in [-0.25, -0.2) is 4.79 Å². The lowest BCUT2D eigenvalue weighted by molar-refractivity contribution is -0.149. The van der Waals surface area contributed by atoms with E-state index in [2.05, 4.69) is 10.3 Å². The third kappa shape index (κ3) is 5.82. The number of amides is 2. The zero-order chi connectivity index (χ0) is 24.6. The highest BCUT2D eigenvalue weighted by atomic mass is 19.4. The minimum Gasteiger partial charge on any atom is -0.481 e. The van der Waals surface area contributed by atoms with Crippen molar-refractivity contribution >= 4 is 18.0 Å². The number of hydrogen-bond acceptors (Lipinski definition) is 5. The molecule has 0 saturated heterocycles. The topological polar surface area (TPSA) is 109 Å². The van der Waals surface area contributed by atoms with Crippen molar-refractivity contribution in [3.8, 4) is 0 Å². The van der Waals surface area contributed by atoms with E-state index < -0.39 is 53.2 Å². The summed E-state index contributed by atoms with van der Waals surface area (Å²) in [4.78, 5) is 42.3. The summed E-state index contributed by atoms with van der Waals surface area (Å²) in [5.41, 5.74) is -2.31. The lowest BCUT2D eigenvalue weighted by atomic mass is 9.81. The Kier molecular flexibility index (Phi) is 6.45. The van der Waals surface area contributed by atoms with E-state index in [1.807, 2.05) is 0 Å². The molecule has 3 rings (SSSR count). The molecule has 2 heterocycles. The van der Waals surface area contributed by atoms with Gasteiger partial charge in [-0.2, -0.15) is 13.2 Å². The normalized spacial score (nSPS) is 22.6. The SMILES string of the molecule is CC(C)(C)OC(=O)NC1C=CC(CC(=O)O)(C(=O)N2CCc3ncc(C(F)(F)F)cc3C2)C1. The minimum atomic E-state index is -4.56. The first-order chi connectivity index (χ1) is 15.2. The molecule has 0 fully saturated rings. The van der Waals surface area contributed by atoms with Gasteiger partial charge in [-0.15, -0.1) is 0 Å². The number of alkyl halides is 3. The molecule has 2 aliphatic rings. The third-order valence-corrected chi connectivity index (χ3v) is 5.48. The lowest BCUT2D eigenvalue weighted by Gasteiger charge is -2.36. The summed E-state index contributed by atoms with van der Waals surface area (Å²) in [5.74, 6) is -1.72. The van der Waals surface area contributed by atoms with Crippen LogP contribution in [-0.2, 0) is 33.5 Å². The van der Waals surface area contributed by atoms with Crippen LogP contribution in [0.25, 0.3) is 0 Å². The number of fused-ring (bicyclic) bond motifs is 1. The van der Waals surface area contributed by atoms with Crippen LogP contribution in [0.3, 0.4) is 0 Å². The van der Waals surface area contributed by atoms with Crippen LogP contribution < -0.4 is 5.32 Å². The summed E-state index contributed by atoms with van der Waals surface area (Å²) in [6.45, 7) is 5.18. The maximum atomic E-state index is 13.4. The Morgan fingerprint density at radius 2 is 2.00 bits per heavy atom. The fourth-order valence-electron chi connectivity index (χ4n) is 4.09. The summed E-state index contributed by atoms with van der Waals surface area (Å²) in [6.07, 6.45) is -1.74. The summed E-state index contributed by atoms with van der Waals surface area (Å²) < 4.78 is 44.4. The second-order valence-corrected chi connectivity index (χ2v) is 9.35. The van der Waals surface area contributed by atoms with E-state index in [9.17, 15) is 32.7 Å². The Balaban J connectivity index is 1.78. The molecule has 2 N–H and O–H groups in total. The second kappa shape index (κ2) is 8.68. The lowest BCUT2D eigenvalue weighted by Crippen LogP contribution is -2.47. The summed E-state index contributed by atoms with van der Waals surface area (Å²) in [7, 11) is 0. The molecule has 2 amide bonds. The number of carboxylic acids is 1. The van der Waals surface area contributed by atoms with E-state index in [-0.39, 0.29) is 31.5 Å². The third-order valence-electron chi connectivity index (χ3n) is 5.48. The van der Waals surface area contributed by atoms with E-state index in [0.29, 0.717) is 5.69 Å². The first kappa shape index (κ1) is 24.5. The van der Waals surface area contributed by atoms with Crippen molar-refractivity contribution in [3.63, 3.8) is 0 Å². The second-order valence-electron chi connectivity index (χ2n) is 9.35. The van der Waals surface area contributed by atoms with E-state index in [1.165, 1.54) is 11.0 Å². The number of carbonyl (C=O) groups is 3. The predicted octanol–water partition coefficient (Wildman–Crippen LogP) is 3.30. The van der Waals surface area contributed by atoms with E-state index in [4.69, 9.17) is 4.74 Å². The molecule has 2 atom stereocenters. The van der Waals surface area contributed by atoms with E-state index in [0.717, 1.165) is 12.3 Å². The van der Waals surface area contributed by atoms with Crippen LogP contribution in [0.4, 0.5) is 18.0 Å². The molecule has 180 valence electrons. The average Bonchev–Trinajstić information content (AvgIpc) is 3.06. The molecule has 0 spiro atoms. The average molecular weight is 469 g/mol. The van der Waals surface area contributed by atoms with Crippen LogP contribution in [0.2, 0.25) is 0 Å². The van der Waals surface area contributed by atoms with Crippen LogP contribution in [0.5, 0.6) is 0 Å². The molecular weight excluding hydrogens is 443 g/mol. The van der Waals surface area contributed by atoms with Crippen LogP contribution in [0.15, 0.2) is 24.4 Å². The van der Waals surface area contributed by atoms with E-state index >= 15 is 0 Å². The van der Waals surface area contributed by atoms with Gasteiger partial charge in [-0.05, 0) is 38.8 Å². The van der Waals surface area contributed by atoms with Crippen LogP contribution in [0, 0.1) is 5.41 Å². The Morgan fingerprint density at radius 1 is 1.30 bits per heavy atom. The largest absolute Gasteiger partial charge is 0.481 e. The quantitative estimate of drug-likeness (QED) is 0.655. The van der Waals surface area contributed by atoms with Gasteiger partial charge in [0.25, 0.3) is 0 Å². The fraction of sp³-hybridized carbons (Fsp3) is 0.545. The van der Waals surface area contributed by atoms with Crippen LogP contribution in [-0.4, -0.2) is 51.1 Å². The van der Waals surface area contributed by atoms with Crippen LogP contribution >= 0.6 is 0 Å². The number of aromatic nitrogens is 1. The fourth-order valence-corrected chi connectivity index (χ4v) is 4.09. The number of hydrogen-bond donors (Lipinski definition) is 2. The minimum absolute atomic E-state index is 0.00156. The Morgan fingerprint density at radius 3 is 2.61 bits per heavy atom. The molecule has 0 bridgehead atoms. The Hall–Kier alpha value is -3.11. The molecular formula is C22H26F3N3O5. The molecule has 0 radical (unpaired) electrons. The summed E-state index contributed by atoms with van der Waals surface area (Å²) >= 11 is 0. The Bertz CT molecular complexity index is 986. The molecule has 8 nitrogen and oxygen atoms in total. The zero-order valence-electron chi connectivity index (χ0n) is 18.5. The van der Waals surface area contributed by atoms with Crippen molar-refractivity contribution in [3.05, 3.63) is 41.2 Å². The first-order valence-electron chi connectivity index (χ1n) is 10.4. The number of carbonyl (C=O) groups excluding carboxylic acids is 2. The van der Waals surface area contributed by atoms with Gasteiger partial charge in [0.05, 0.1) is 23.4 Å². The molecule has 2 unspecified atom stereocenters. The molecule has 1 aliphatic heterocycles. The van der Waals surface area contributed by atoms with Crippen LogP contribution in [0.1, 0.15) is 50.4 Å². The van der Waals surface area contributed by atoms with Gasteiger partial charge in [0, 0.05) is 31.4 Å². The highest BCUT2D eigenvalue weighted by Crippen LogP contribution is 2.39. The molecule has 1 aliphatic carbocycles. The van der Waals surface area contributed by atoms with Crippen molar-refractivity contribution in [1.29, 1.82) is 0 Å². The maximum absolute atomic E-state index is 13.4. The molecule has 11 heteroatoms.